The average Bonchev–Trinajstić information content (AvgIpc) is 2.07. The summed E-state index contributed by atoms with van der Waals surface area (Å²) in [6.45, 7) is 8.22. The fourth-order valence-corrected chi connectivity index (χ4v) is 1.86. The van der Waals surface area contributed by atoms with Crippen LogP contribution in [0.2, 0.25) is 0 Å². The van der Waals surface area contributed by atoms with Crippen LogP contribution in [0.5, 0.6) is 0 Å². The van der Waals surface area contributed by atoms with E-state index in [-0.39, 0.29) is 11.6 Å². The van der Waals surface area contributed by atoms with E-state index in [1.54, 1.807) is 0 Å². The third kappa shape index (κ3) is 1.78. The Morgan fingerprint density at radius 1 is 1.33 bits per heavy atom. The molecule has 3 nitrogen and oxygen atoms in total. The molecule has 1 aromatic heterocycles. The summed E-state index contributed by atoms with van der Waals surface area (Å²) in [6.07, 6.45) is 3.25. The van der Waals surface area contributed by atoms with Crippen LogP contribution in [-0.4, -0.2) is 17.7 Å². The number of rotatable bonds is 2. The van der Waals surface area contributed by atoms with Crippen LogP contribution in [0, 0.1) is 6.92 Å². The molecule has 0 aliphatic carbocycles. The summed E-state index contributed by atoms with van der Waals surface area (Å²) in [7, 11) is 0. The van der Waals surface area contributed by atoms with Gasteiger partial charge < -0.3 is 9.47 Å². The SMILES string of the molecule is Cc1cc(N2CCC2)cn(C(C)C)c1=O. The van der Waals surface area contributed by atoms with E-state index >= 15 is 0 Å². The molecule has 0 N–H and O–H groups in total. The first-order valence-corrected chi connectivity index (χ1v) is 5.57. The predicted molar refractivity (Wildman–Crippen MR) is 62.7 cm³/mol. The molecule has 3 heteroatoms. The molecular weight excluding hydrogens is 188 g/mol. The highest BCUT2D eigenvalue weighted by molar-refractivity contribution is 5.48. The minimum atomic E-state index is 0.134. The van der Waals surface area contributed by atoms with Gasteiger partial charge in [0.25, 0.3) is 5.56 Å². The van der Waals surface area contributed by atoms with E-state index in [4.69, 9.17) is 0 Å². The quantitative estimate of drug-likeness (QED) is 0.739. The van der Waals surface area contributed by atoms with E-state index in [0.717, 1.165) is 18.7 Å². The number of hydrogen-bond acceptors (Lipinski definition) is 2. The van der Waals surface area contributed by atoms with Crippen LogP contribution < -0.4 is 10.5 Å². The van der Waals surface area contributed by atoms with Gasteiger partial charge in [0.15, 0.2) is 0 Å². The third-order valence-corrected chi connectivity index (χ3v) is 2.99. The van der Waals surface area contributed by atoms with Crippen LogP contribution in [0.15, 0.2) is 17.1 Å². The van der Waals surface area contributed by atoms with Crippen LogP contribution >= 0.6 is 0 Å². The van der Waals surface area contributed by atoms with Crippen molar-refractivity contribution in [3.63, 3.8) is 0 Å². The third-order valence-electron chi connectivity index (χ3n) is 2.99. The van der Waals surface area contributed by atoms with Gasteiger partial charge in [-0.3, -0.25) is 4.79 Å². The Bertz CT molecular complexity index is 416. The van der Waals surface area contributed by atoms with Crippen molar-refractivity contribution in [3.05, 3.63) is 28.2 Å². The highest BCUT2D eigenvalue weighted by Gasteiger charge is 2.16. The van der Waals surface area contributed by atoms with E-state index in [2.05, 4.69) is 4.90 Å². The van der Waals surface area contributed by atoms with Gasteiger partial charge in [0.1, 0.15) is 0 Å². The van der Waals surface area contributed by atoms with E-state index in [0.29, 0.717) is 0 Å². The Kier molecular flexibility index (Phi) is 2.55. The Morgan fingerprint density at radius 2 is 2.00 bits per heavy atom. The lowest BCUT2D eigenvalue weighted by Gasteiger charge is -2.33. The van der Waals surface area contributed by atoms with Gasteiger partial charge >= 0.3 is 0 Å². The molecule has 15 heavy (non-hydrogen) atoms. The summed E-state index contributed by atoms with van der Waals surface area (Å²) >= 11 is 0. The summed E-state index contributed by atoms with van der Waals surface area (Å²) in [5, 5.41) is 0. The first kappa shape index (κ1) is 10.3. The lowest BCUT2D eigenvalue weighted by molar-refractivity contribution is 0.564. The van der Waals surface area contributed by atoms with Crippen LogP contribution in [0.3, 0.4) is 0 Å². The Labute approximate surface area is 90.3 Å². The molecule has 0 radical (unpaired) electrons. The Hall–Kier alpha value is -1.25. The van der Waals surface area contributed by atoms with Crippen LogP contribution in [0.25, 0.3) is 0 Å². The van der Waals surface area contributed by atoms with Gasteiger partial charge in [0.2, 0.25) is 0 Å². The standard InChI is InChI=1S/C12H18N2O/c1-9(2)14-8-11(13-5-4-6-13)7-10(3)12(14)15/h7-9H,4-6H2,1-3H3. The maximum absolute atomic E-state index is 11.8. The van der Waals surface area contributed by atoms with Crippen molar-refractivity contribution in [2.45, 2.75) is 33.2 Å². The fourth-order valence-electron chi connectivity index (χ4n) is 1.86. The normalized spacial score (nSPS) is 15.6. The zero-order valence-electron chi connectivity index (χ0n) is 9.66. The summed E-state index contributed by atoms with van der Waals surface area (Å²) in [5.74, 6) is 0. The molecule has 1 aliphatic rings. The lowest BCUT2D eigenvalue weighted by Crippen LogP contribution is -2.38. The van der Waals surface area contributed by atoms with Gasteiger partial charge in [-0.1, -0.05) is 0 Å². The van der Waals surface area contributed by atoms with Crippen LogP contribution in [-0.2, 0) is 0 Å². The second-order valence-electron chi connectivity index (χ2n) is 4.53. The van der Waals surface area contributed by atoms with Crippen molar-refractivity contribution in [3.8, 4) is 0 Å². The minimum Gasteiger partial charge on any atom is -0.370 e. The smallest absolute Gasteiger partial charge is 0.253 e. The van der Waals surface area contributed by atoms with Crippen molar-refractivity contribution in [2.75, 3.05) is 18.0 Å². The van der Waals surface area contributed by atoms with Gasteiger partial charge in [-0.2, -0.15) is 0 Å². The fraction of sp³-hybridized carbons (Fsp3) is 0.583. The maximum atomic E-state index is 11.8. The molecular formula is C12H18N2O. The number of anilines is 1. The monoisotopic (exact) mass is 206 g/mol. The topological polar surface area (TPSA) is 25.2 Å². The largest absolute Gasteiger partial charge is 0.370 e. The van der Waals surface area contributed by atoms with Crippen LogP contribution in [0.4, 0.5) is 5.69 Å². The van der Waals surface area contributed by atoms with Crippen molar-refractivity contribution in [1.29, 1.82) is 0 Å². The van der Waals surface area contributed by atoms with Gasteiger partial charge in [0.05, 0.1) is 5.69 Å². The summed E-state index contributed by atoms with van der Waals surface area (Å²) < 4.78 is 1.82. The van der Waals surface area contributed by atoms with Crippen molar-refractivity contribution >= 4 is 5.69 Å². The number of nitrogens with zero attached hydrogens (tertiary/aromatic N) is 2. The summed E-state index contributed by atoms with van der Waals surface area (Å²) in [5.41, 5.74) is 2.16. The number of aromatic nitrogens is 1. The number of aryl methyl sites for hydroxylation is 1. The molecule has 1 fully saturated rings. The predicted octanol–water partition coefficient (Wildman–Crippen LogP) is 1.95. The minimum absolute atomic E-state index is 0.134. The Balaban J connectivity index is 2.45. The zero-order chi connectivity index (χ0) is 11.0. The first-order chi connectivity index (χ1) is 7.09. The van der Waals surface area contributed by atoms with E-state index in [1.807, 2.05) is 37.6 Å². The van der Waals surface area contributed by atoms with Gasteiger partial charge in [-0.25, -0.2) is 0 Å². The molecule has 1 aromatic rings. The number of pyridine rings is 1. The molecule has 82 valence electrons. The van der Waals surface area contributed by atoms with E-state index in [9.17, 15) is 4.79 Å². The molecule has 0 unspecified atom stereocenters. The van der Waals surface area contributed by atoms with Crippen molar-refractivity contribution < 1.29 is 0 Å². The molecule has 2 heterocycles. The molecule has 0 saturated carbocycles. The second kappa shape index (κ2) is 3.72. The molecule has 1 aliphatic heterocycles. The average molecular weight is 206 g/mol. The van der Waals surface area contributed by atoms with Crippen molar-refractivity contribution in [2.24, 2.45) is 0 Å². The molecule has 0 aromatic carbocycles. The summed E-state index contributed by atoms with van der Waals surface area (Å²) in [6, 6.07) is 2.23. The molecule has 1 saturated heterocycles. The second-order valence-corrected chi connectivity index (χ2v) is 4.53. The maximum Gasteiger partial charge on any atom is 0.253 e. The first-order valence-electron chi connectivity index (χ1n) is 5.57. The van der Waals surface area contributed by atoms with Crippen LogP contribution in [0.1, 0.15) is 31.9 Å². The molecule has 0 spiro atoms. The number of hydrogen-bond donors (Lipinski definition) is 0. The zero-order valence-corrected chi connectivity index (χ0v) is 9.66. The molecule has 0 atom stereocenters. The van der Waals surface area contributed by atoms with Crippen molar-refractivity contribution in [1.82, 2.24) is 4.57 Å². The van der Waals surface area contributed by atoms with E-state index in [1.165, 1.54) is 12.1 Å². The lowest BCUT2D eigenvalue weighted by atomic mass is 10.1. The molecule has 0 amide bonds. The molecule has 0 bridgehead atoms. The molecule has 2 rings (SSSR count). The highest BCUT2D eigenvalue weighted by Crippen LogP contribution is 2.20. The van der Waals surface area contributed by atoms with Gasteiger partial charge in [-0.05, 0) is 33.3 Å². The Morgan fingerprint density at radius 3 is 2.47 bits per heavy atom. The highest BCUT2D eigenvalue weighted by atomic mass is 16.1. The van der Waals surface area contributed by atoms with E-state index < -0.39 is 0 Å². The summed E-state index contributed by atoms with van der Waals surface area (Å²) in [4.78, 5) is 14.1. The van der Waals surface area contributed by atoms with Gasteiger partial charge in [0, 0.05) is 30.9 Å². The van der Waals surface area contributed by atoms with Gasteiger partial charge in [-0.15, -0.1) is 0 Å².